The molecule has 35 heavy (non-hydrogen) atoms. The van der Waals surface area contributed by atoms with Crippen LogP contribution in [-0.2, 0) is 20.8 Å². The summed E-state index contributed by atoms with van der Waals surface area (Å²) in [5.41, 5.74) is 3.75. The molecule has 2 N–H and O–H groups in total. The van der Waals surface area contributed by atoms with Gasteiger partial charge in [-0.2, -0.15) is 0 Å². The van der Waals surface area contributed by atoms with Crippen molar-refractivity contribution < 1.29 is 28.3 Å². The Morgan fingerprint density at radius 3 is 2.20 bits per heavy atom. The second-order valence-corrected chi connectivity index (χ2v) is 8.25. The standard InChI is InChI=1S/C26H24N2O7/c1-13-17-9-19-23(16-7-5-4-6-8-16)15(3)34-25(19)14(2)24(17)35-26(33)18(13)10-20(29)27-11-21(30)28-12-22(31)32/h4-9H,10-12H2,1-3H3,(H,27,29)(H,28,30)(H,31,32)/p-1. The number of carboxylic acids is 1. The minimum Gasteiger partial charge on any atom is -0.548 e. The van der Waals surface area contributed by atoms with Crippen LogP contribution in [0.3, 0.4) is 0 Å². The molecule has 9 nitrogen and oxygen atoms in total. The number of rotatable bonds is 7. The molecular weight excluding hydrogens is 452 g/mol. The van der Waals surface area contributed by atoms with E-state index in [2.05, 4.69) is 10.6 Å². The van der Waals surface area contributed by atoms with E-state index in [0.29, 0.717) is 27.7 Å². The molecule has 0 atom stereocenters. The van der Waals surface area contributed by atoms with Crippen molar-refractivity contribution in [3.05, 3.63) is 69.3 Å². The number of amides is 2. The first-order valence-corrected chi connectivity index (χ1v) is 10.9. The molecular formula is C26H23N2O7-. The van der Waals surface area contributed by atoms with E-state index in [4.69, 9.17) is 8.83 Å². The molecule has 0 aliphatic carbocycles. The monoisotopic (exact) mass is 475 g/mol. The minimum atomic E-state index is -1.44. The van der Waals surface area contributed by atoms with Crippen LogP contribution in [0.2, 0.25) is 0 Å². The highest BCUT2D eigenvalue weighted by Crippen LogP contribution is 2.39. The van der Waals surface area contributed by atoms with Crippen LogP contribution in [0.15, 0.2) is 50.0 Å². The minimum absolute atomic E-state index is 0.172. The predicted molar refractivity (Wildman–Crippen MR) is 127 cm³/mol. The van der Waals surface area contributed by atoms with E-state index in [1.165, 1.54) is 0 Å². The van der Waals surface area contributed by atoms with Crippen LogP contribution in [0.25, 0.3) is 33.1 Å². The maximum atomic E-state index is 12.8. The molecule has 2 heterocycles. The van der Waals surface area contributed by atoms with Gasteiger partial charge in [-0.25, -0.2) is 4.79 Å². The predicted octanol–water partition coefficient (Wildman–Crippen LogP) is 1.66. The SMILES string of the molecule is Cc1oc2c(C)c3oc(=O)c(CC(=O)NCC(=O)NCC(=O)[O-])c(C)c3cc2c1-c1ccccc1. The second-order valence-electron chi connectivity index (χ2n) is 8.25. The smallest absolute Gasteiger partial charge is 0.340 e. The molecule has 0 spiro atoms. The first-order valence-electron chi connectivity index (χ1n) is 10.9. The second kappa shape index (κ2) is 9.46. The normalized spacial score (nSPS) is 11.1. The third-order valence-corrected chi connectivity index (χ3v) is 5.91. The van der Waals surface area contributed by atoms with Crippen molar-refractivity contribution in [2.24, 2.45) is 0 Å². The maximum absolute atomic E-state index is 12.8. The van der Waals surface area contributed by atoms with Crippen LogP contribution in [0, 0.1) is 20.8 Å². The van der Waals surface area contributed by atoms with E-state index in [-0.39, 0.29) is 12.0 Å². The molecule has 180 valence electrons. The van der Waals surface area contributed by atoms with Crippen molar-refractivity contribution in [2.45, 2.75) is 27.2 Å². The largest absolute Gasteiger partial charge is 0.548 e. The molecule has 2 amide bonds. The quantitative estimate of drug-likeness (QED) is 0.387. The number of hydrogen-bond acceptors (Lipinski definition) is 7. The van der Waals surface area contributed by atoms with Crippen molar-refractivity contribution in [2.75, 3.05) is 13.1 Å². The van der Waals surface area contributed by atoms with Gasteiger partial charge in [-0.3, -0.25) is 9.59 Å². The number of nitrogens with one attached hydrogen (secondary N) is 2. The molecule has 0 unspecified atom stereocenters. The van der Waals surface area contributed by atoms with E-state index >= 15 is 0 Å². The number of carbonyl (C=O) groups is 3. The molecule has 0 saturated carbocycles. The Balaban J connectivity index is 1.71. The Labute approximate surface area is 199 Å². The Morgan fingerprint density at radius 2 is 1.51 bits per heavy atom. The highest BCUT2D eigenvalue weighted by Gasteiger charge is 2.22. The van der Waals surface area contributed by atoms with Gasteiger partial charge in [-0.05, 0) is 38.0 Å². The summed E-state index contributed by atoms with van der Waals surface area (Å²) in [4.78, 5) is 47.2. The lowest BCUT2D eigenvalue weighted by Gasteiger charge is -2.11. The van der Waals surface area contributed by atoms with Crippen molar-refractivity contribution >= 4 is 39.7 Å². The number of carboxylic acid groups (broad SMARTS) is 1. The first kappa shape index (κ1) is 23.7. The van der Waals surface area contributed by atoms with Crippen LogP contribution in [0.4, 0.5) is 0 Å². The van der Waals surface area contributed by atoms with Crippen molar-refractivity contribution in [1.82, 2.24) is 10.6 Å². The van der Waals surface area contributed by atoms with Crippen molar-refractivity contribution in [3.63, 3.8) is 0 Å². The Hall–Kier alpha value is -4.40. The van der Waals surface area contributed by atoms with Crippen LogP contribution >= 0.6 is 0 Å². The van der Waals surface area contributed by atoms with E-state index in [1.807, 2.05) is 50.2 Å². The van der Waals surface area contributed by atoms with E-state index < -0.39 is 36.5 Å². The lowest BCUT2D eigenvalue weighted by Crippen LogP contribution is -2.43. The number of fused-ring (bicyclic) bond motifs is 2. The Bertz CT molecular complexity index is 1530. The van der Waals surface area contributed by atoms with Crippen molar-refractivity contribution in [1.29, 1.82) is 0 Å². The summed E-state index contributed by atoms with van der Waals surface area (Å²) in [6.45, 7) is 4.36. The number of carbonyl (C=O) groups excluding carboxylic acids is 3. The Morgan fingerprint density at radius 1 is 0.857 bits per heavy atom. The molecule has 0 aliphatic heterocycles. The first-order chi connectivity index (χ1) is 16.7. The molecule has 0 saturated heterocycles. The fourth-order valence-electron chi connectivity index (χ4n) is 4.18. The van der Waals surface area contributed by atoms with Gasteiger partial charge in [0.25, 0.3) is 0 Å². The summed E-state index contributed by atoms with van der Waals surface area (Å²) in [5.74, 6) is -1.97. The summed E-state index contributed by atoms with van der Waals surface area (Å²) in [7, 11) is 0. The summed E-state index contributed by atoms with van der Waals surface area (Å²) < 4.78 is 11.7. The molecule has 0 aliphatic rings. The summed E-state index contributed by atoms with van der Waals surface area (Å²) in [6.07, 6.45) is -0.301. The van der Waals surface area contributed by atoms with Gasteiger partial charge in [0.15, 0.2) is 0 Å². The lowest BCUT2D eigenvalue weighted by molar-refractivity contribution is -0.304. The summed E-state index contributed by atoms with van der Waals surface area (Å²) in [5, 5.41) is 16.4. The lowest BCUT2D eigenvalue weighted by atomic mass is 9.96. The van der Waals surface area contributed by atoms with E-state index in [1.54, 1.807) is 6.92 Å². The van der Waals surface area contributed by atoms with Gasteiger partial charge in [0.1, 0.15) is 16.9 Å². The average Bonchev–Trinajstić information content (AvgIpc) is 3.16. The number of aryl methyl sites for hydroxylation is 3. The number of aliphatic carboxylic acids is 1. The van der Waals surface area contributed by atoms with Gasteiger partial charge >= 0.3 is 5.63 Å². The highest BCUT2D eigenvalue weighted by molar-refractivity contribution is 6.06. The fraction of sp³-hybridized carbons (Fsp3) is 0.231. The molecule has 4 rings (SSSR count). The molecule has 0 radical (unpaired) electrons. The van der Waals surface area contributed by atoms with Gasteiger partial charge in [0, 0.05) is 21.9 Å². The molecule has 0 bridgehead atoms. The van der Waals surface area contributed by atoms with Gasteiger partial charge in [0.05, 0.1) is 31.0 Å². The number of benzene rings is 2. The van der Waals surface area contributed by atoms with E-state index in [0.717, 1.165) is 22.3 Å². The van der Waals surface area contributed by atoms with Gasteiger partial charge in [-0.15, -0.1) is 0 Å². The zero-order valence-electron chi connectivity index (χ0n) is 19.4. The molecule has 4 aromatic rings. The van der Waals surface area contributed by atoms with E-state index in [9.17, 15) is 24.3 Å². The molecule has 9 heteroatoms. The third kappa shape index (κ3) is 4.65. The zero-order chi connectivity index (χ0) is 25.3. The zero-order valence-corrected chi connectivity index (χ0v) is 19.4. The van der Waals surface area contributed by atoms with Crippen LogP contribution < -0.4 is 21.4 Å². The van der Waals surface area contributed by atoms with Gasteiger partial charge in [-0.1, -0.05) is 30.3 Å². The maximum Gasteiger partial charge on any atom is 0.340 e. The molecule has 2 aromatic carbocycles. The fourth-order valence-corrected chi connectivity index (χ4v) is 4.18. The van der Waals surface area contributed by atoms with Gasteiger partial charge < -0.3 is 29.4 Å². The molecule has 2 aromatic heterocycles. The molecule has 0 fully saturated rings. The third-order valence-electron chi connectivity index (χ3n) is 5.91. The van der Waals surface area contributed by atoms with Crippen molar-refractivity contribution in [3.8, 4) is 11.1 Å². The Kier molecular flexibility index (Phi) is 6.42. The van der Waals surface area contributed by atoms with Crippen LogP contribution in [-0.4, -0.2) is 30.9 Å². The summed E-state index contributed by atoms with van der Waals surface area (Å²) >= 11 is 0. The number of hydrogen-bond donors (Lipinski definition) is 2. The van der Waals surface area contributed by atoms with Crippen LogP contribution in [0.1, 0.15) is 22.5 Å². The van der Waals surface area contributed by atoms with Gasteiger partial charge in [0.2, 0.25) is 11.8 Å². The topological polar surface area (TPSA) is 142 Å². The number of furan rings is 1. The summed E-state index contributed by atoms with van der Waals surface area (Å²) in [6, 6.07) is 11.7. The highest BCUT2D eigenvalue weighted by atomic mass is 16.4. The van der Waals surface area contributed by atoms with Crippen LogP contribution in [0.5, 0.6) is 0 Å². The average molecular weight is 475 g/mol.